The fourth-order valence-electron chi connectivity index (χ4n) is 2.24. The van der Waals surface area contributed by atoms with E-state index in [1.54, 1.807) is 13.8 Å². The van der Waals surface area contributed by atoms with E-state index in [1.807, 2.05) is 6.92 Å². The Labute approximate surface area is 150 Å². The number of aliphatic carboxylic acids is 1. The Kier molecular flexibility index (Phi) is 6.87. The molecule has 1 unspecified atom stereocenters. The van der Waals surface area contributed by atoms with Gasteiger partial charge in [-0.1, -0.05) is 0 Å². The molecule has 0 aliphatic carbocycles. The lowest BCUT2D eigenvalue weighted by Gasteiger charge is -2.17. The monoisotopic (exact) mass is 369 g/mol. The molecule has 0 saturated heterocycles. The Morgan fingerprint density at radius 3 is 2.31 bits per heavy atom. The zero-order valence-electron chi connectivity index (χ0n) is 15.8. The van der Waals surface area contributed by atoms with E-state index in [4.69, 9.17) is 10.8 Å². The van der Waals surface area contributed by atoms with Gasteiger partial charge in [0.25, 0.3) is 5.56 Å². The van der Waals surface area contributed by atoms with E-state index < -0.39 is 22.8 Å². The highest BCUT2D eigenvalue weighted by atomic mass is 16.4. The summed E-state index contributed by atoms with van der Waals surface area (Å²) in [5.41, 5.74) is 4.18. The summed E-state index contributed by atoms with van der Waals surface area (Å²) >= 11 is 0. The van der Waals surface area contributed by atoms with Crippen LogP contribution in [0.1, 0.15) is 33.6 Å². The Bertz CT molecular complexity index is 885. The quantitative estimate of drug-likeness (QED) is 0.638. The number of aliphatic hydroxyl groups is 1. The summed E-state index contributed by atoms with van der Waals surface area (Å²) in [5.74, 6) is -1.08. The number of nitrogens with zero attached hydrogens (tertiary/aromatic N) is 4. The Balaban J connectivity index is 0.000000321. The van der Waals surface area contributed by atoms with Crippen molar-refractivity contribution < 1.29 is 15.0 Å². The van der Waals surface area contributed by atoms with Crippen LogP contribution in [0.2, 0.25) is 0 Å². The molecule has 26 heavy (non-hydrogen) atoms. The molecule has 0 amide bonds. The highest BCUT2D eigenvalue weighted by molar-refractivity contribution is 5.74. The summed E-state index contributed by atoms with van der Waals surface area (Å²) in [5, 5.41) is 17.9. The zero-order chi connectivity index (χ0) is 20.2. The summed E-state index contributed by atoms with van der Waals surface area (Å²) in [6.07, 6.45) is 2.91. The molecule has 0 aromatic carbocycles. The fourth-order valence-corrected chi connectivity index (χ4v) is 2.24. The first-order valence-electron chi connectivity index (χ1n) is 8.15. The molecule has 2 rings (SSSR count). The van der Waals surface area contributed by atoms with Gasteiger partial charge in [-0.2, -0.15) is 0 Å². The van der Waals surface area contributed by atoms with E-state index >= 15 is 0 Å². The van der Waals surface area contributed by atoms with Crippen LogP contribution >= 0.6 is 0 Å². The molecule has 2 aromatic rings. The summed E-state index contributed by atoms with van der Waals surface area (Å²) in [4.78, 5) is 38.0. The second kappa shape index (κ2) is 8.28. The molecule has 2 aromatic heterocycles. The van der Waals surface area contributed by atoms with E-state index in [0.717, 1.165) is 17.4 Å². The molecule has 2 heterocycles. The molecule has 10 heteroatoms. The van der Waals surface area contributed by atoms with Crippen LogP contribution in [0.3, 0.4) is 0 Å². The third kappa shape index (κ3) is 5.53. The lowest BCUT2D eigenvalue weighted by molar-refractivity contribution is -0.137. The lowest BCUT2D eigenvalue weighted by atomic mass is 10.0. The van der Waals surface area contributed by atoms with E-state index in [-0.39, 0.29) is 23.8 Å². The zero-order valence-corrected chi connectivity index (χ0v) is 15.8. The van der Waals surface area contributed by atoms with Gasteiger partial charge in [-0.15, -0.1) is 0 Å². The minimum atomic E-state index is -1.08. The van der Waals surface area contributed by atoms with Crippen LogP contribution in [0.4, 0.5) is 0 Å². The summed E-state index contributed by atoms with van der Waals surface area (Å²) < 4.78 is 3.33. The van der Waals surface area contributed by atoms with Gasteiger partial charge in [0.05, 0.1) is 11.9 Å². The van der Waals surface area contributed by atoms with E-state index in [2.05, 4.69) is 4.98 Å². The third-order valence-electron chi connectivity index (χ3n) is 3.73. The first-order valence-corrected chi connectivity index (χ1v) is 8.15. The minimum absolute atomic E-state index is 0.108. The second-order valence-corrected chi connectivity index (χ2v) is 6.97. The molecule has 0 spiro atoms. The van der Waals surface area contributed by atoms with Crippen LogP contribution in [-0.2, 0) is 25.4 Å². The van der Waals surface area contributed by atoms with Crippen LogP contribution < -0.4 is 17.0 Å². The molecule has 1 atom stereocenters. The molecular formula is C16H27N5O5. The smallest absolute Gasteiger partial charge is 0.332 e. The SMILES string of the molecule is CC(N)CCC(C)(C)O.Cn1c(=O)c2c(ncn2CC(=O)O)n(C)c1=O. The van der Waals surface area contributed by atoms with E-state index in [9.17, 15) is 19.5 Å². The molecule has 0 radical (unpaired) electrons. The average molecular weight is 369 g/mol. The average Bonchev–Trinajstić information content (AvgIpc) is 2.92. The van der Waals surface area contributed by atoms with Gasteiger partial charge in [0.1, 0.15) is 6.54 Å². The van der Waals surface area contributed by atoms with Gasteiger partial charge in [-0.3, -0.25) is 18.7 Å². The number of hydrogen-bond donors (Lipinski definition) is 3. The van der Waals surface area contributed by atoms with Crippen molar-refractivity contribution in [2.45, 2.75) is 51.8 Å². The van der Waals surface area contributed by atoms with Crippen molar-refractivity contribution in [3.63, 3.8) is 0 Å². The van der Waals surface area contributed by atoms with Crippen molar-refractivity contribution >= 4 is 17.1 Å². The molecule has 0 saturated carbocycles. The van der Waals surface area contributed by atoms with E-state index in [0.29, 0.717) is 0 Å². The molecular weight excluding hydrogens is 342 g/mol. The fraction of sp³-hybridized carbons (Fsp3) is 0.625. The highest BCUT2D eigenvalue weighted by Crippen LogP contribution is 2.10. The summed E-state index contributed by atoms with van der Waals surface area (Å²) in [6, 6.07) is 0.205. The normalized spacial score (nSPS) is 12.6. The van der Waals surface area contributed by atoms with E-state index in [1.165, 1.54) is 29.6 Å². The largest absolute Gasteiger partial charge is 0.480 e. The maximum absolute atomic E-state index is 11.9. The van der Waals surface area contributed by atoms with Crippen molar-refractivity contribution in [3.05, 3.63) is 27.2 Å². The number of nitrogens with two attached hydrogens (primary N) is 1. The Hall–Kier alpha value is -2.46. The minimum Gasteiger partial charge on any atom is -0.480 e. The molecule has 0 fully saturated rings. The first-order chi connectivity index (χ1) is 11.8. The highest BCUT2D eigenvalue weighted by Gasteiger charge is 2.15. The molecule has 10 nitrogen and oxygen atoms in total. The third-order valence-corrected chi connectivity index (χ3v) is 3.73. The van der Waals surface area contributed by atoms with Crippen LogP contribution in [0.5, 0.6) is 0 Å². The molecule has 0 aliphatic rings. The predicted molar refractivity (Wildman–Crippen MR) is 97.0 cm³/mol. The number of imidazole rings is 1. The van der Waals surface area contributed by atoms with Gasteiger partial charge >= 0.3 is 11.7 Å². The lowest BCUT2D eigenvalue weighted by Crippen LogP contribution is -2.37. The maximum Gasteiger partial charge on any atom is 0.332 e. The number of carbonyl (C=O) groups is 1. The van der Waals surface area contributed by atoms with Gasteiger partial charge in [0, 0.05) is 20.1 Å². The van der Waals surface area contributed by atoms with Gasteiger partial charge in [-0.25, -0.2) is 9.78 Å². The van der Waals surface area contributed by atoms with Crippen LogP contribution in [0.15, 0.2) is 15.9 Å². The number of carboxylic acids is 1. The van der Waals surface area contributed by atoms with Crippen molar-refractivity contribution in [2.24, 2.45) is 19.8 Å². The van der Waals surface area contributed by atoms with Gasteiger partial charge in [-0.05, 0) is 33.6 Å². The number of hydrogen-bond acceptors (Lipinski definition) is 6. The maximum atomic E-state index is 11.9. The first kappa shape index (κ1) is 21.6. The number of carboxylic acid groups (broad SMARTS) is 1. The number of rotatable bonds is 5. The van der Waals surface area contributed by atoms with Gasteiger partial charge in [0.2, 0.25) is 0 Å². The number of aromatic nitrogens is 4. The molecule has 0 aliphatic heterocycles. The standard InChI is InChI=1S/C9H10N4O4.C7H17NO/c1-11-7-6(8(16)12(2)9(11)17)13(4-10-7)3-5(14)15;1-6(8)4-5-7(2,3)9/h4H,3H2,1-2H3,(H,14,15);6,9H,4-5,8H2,1-3H3. The molecule has 146 valence electrons. The Morgan fingerprint density at radius 1 is 1.31 bits per heavy atom. The summed E-state index contributed by atoms with van der Waals surface area (Å²) in [6.45, 7) is 5.18. The van der Waals surface area contributed by atoms with Crippen LogP contribution in [0, 0.1) is 0 Å². The van der Waals surface area contributed by atoms with Crippen molar-refractivity contribution in [3.8, 4) is 0 Å². The predicted octanol–water partition coefficient (Wildman–Crippen LogP) is -0.597. The number of fused-ring (bicyclic) bond motifs is 1. The molecule has 4 N–H and O–H groups in total. The van der Waals surface area contributed by atoms with Gasteiger partial charge < -0.3 is 20.5 Å². The van der Waals surface area contributed by atoms with Crippen molar-refractivity contribution in [1.29, 1.82) is 0 Å². The van der Waals surface area contributed by atoms with Crippen molar-refractivity contribution in [2.75, 3.05) is 0 Å². The van der Waals surface area contributed by atoms with Crippen molar-refractivity contribution in [1.82, 2.24) is 18.7 Å². The summed E-state index contributed by atoms with van der Waals surface area (Å²) in [7, 11) is 2.81. The number of aryl methyl sites for hydroxylation is 1. The molecule has 0 bridgehead atoms. The topological polar surface area (TPSA) is 145 Å². The van der Waals surface area contributed by atoms with Crippen LogP contribution in [0.25, 0.3) is 11.2 Å². The van der Waals surface area contributed by atoms with Gasteiger partial charge in [0.15, 0.2) is 11.2 Å². The second-order valence-electron chi connectivity index (χ2n) is 6.97. The Morgan fingerprint density at radius 2 is 1.88 bits per heavy atom. The van der Waals surface area contributed by atoms with Crippen LogP contribution in [-0.4, -0.2) is 46.5 Å².